The topological polar surface area (TPSA) is 114 Å². The number of rotatable bonds is 8. The number of fused-ring (bicyclic) bond motifs is 1. The molecular formula is C16H21N3O5S. The number of aryl methyl sites for hydroxylation is 1. The lowest BCUT2D eigenvalue weighted by molar-refractivity contribution is -0.140. The molecular weight excluding hydrogens is 346 g/mol. The lowest BCUT2D eigenvalue weighted by Gasteiger charge is -2.12. The number of nitrogens with two attached hydrogens (primary N) is 1. The number of hydrogen-bond acceptors (Lipinski definition) is 7. The van der Waals surface area contributed by atoms with Crippen LogP contribution in [0.15, 0.2) is 4.79 Å². The molecule has 2 aromatic rings. The van der Waals surface area contributed by atoms with Crippen molar-refractivity contribution in [1.82, 2.24) is 9.55 Å². The number of thiophene rings is 1. The van der Waals surface area contributed by atoms with Crippen molar-refractivity contribution in [3.8, 4) is 0 Å². The molecule has 8 nitrogen and oxygen atoms in total. The van der Waals surface area contributed by atoms with Gasteiger partial charge in [-0.2, -0.15) is 0 Å². The highest BCUT2D eigenvalue weighted by molar-refractivity contribution is 7.20. The van der Waals surface area contributed by atoms with Crippen LogP contribution in [0, 0.1) is 6.92 Å². The molecule has 0 spiro atoms. The molecule has 0 aromatic carbocycles. The van der Waals surface area contributed by atoms with E-state index in [1.165, 1.54) is 11.7 Å². The monoisotopic (exact) mass is 367 g/mol. The highest BCUT2D eigenvalue weighted by Crippen LogP contribution is 2.27. The Balaban J connectivity index is 2.49. The molecule has 0 saturated heterocycles. The summed E-state index contributed by atoms with van der Waals surface area (Å²) in [5.41, 5.74) is 5.69. The maximum Gasteiger partial charge on any atom is 0.305 e. The fourth-order valence-electron chi connectivity index (χ4n) is 2.59. The molecule has 0 saturated carbocycles. The van der Waals surface area contributed by atoms with Crippen molar-refractivity contribution in [2.24, 2.45) is 5.73 Å². The SMILES string of the molecule is COCCc1nc2sc(C(N)=O)c(C)c2c(=O)n1CCCC(=O)OC. The quantitative estimate of drug-likeness (QED) is 0.697. The van der Waals surface area contributed by atoms with Crippen molar-refractivity contribution in [2.45, 2.75) is 32.7 Å². The van der Waals surface area contributed by atoms with Gasteiger partial charge in [0.2, 0.25) is 0 Å². The molecule has 9 heteroatoms. The van der Waals surface area contributed by atoms with Crippen LogP contribution in [0.25, 0.3) is 10.2 Å². The Morgan fingerprint density at radius 1 is 1.32 bits per heavy atom. The number of ether oxygens (including phenoxy) is 2. The van der Waals surface area contributed by atoms with E-state index in [9.17, 15) is 14.4 Å². The Labute approximate surface area is 148 Å². The van der Waals surface area contributed by atoms with Crippen LogP contribution in [0.5, 0.6) is 0 Å². The van der Waals surface area contributed by atoms with E-state index in [0.717, 1.165) is 11.3 Å². The number of amides is 1. The van der Waals surface area contributed by atoms with Crippen LogP contribution in [0.2, 0.25) is 0 Å². The summed E-state index contributed by atoms with van der Waals surface area (Å²) in [4.78, 5) is 41.1. The number of primary amides is 1. The Morgan fingerprint density at radius 3 is 2.64 bits per heavy atom. The Morgan fingerprint density at radius 2 is 2.04 bits per heavy atom. The highest BCUT2D eigenvalue weighted by atomic mass is 32.1. The lowest BCUT2D eigenvalue weighted by atomic mass is 10.2. The van der Waals surface area contributed by atoms with Crippen molar-refractivity contribution < 1.29 is 19.1 Å². The minimum Gasteiger partial charge on any atom is -0.469 e. The first-order valence-electron chi connectivity index (χ1n) is 7.79. The molecule has 2 heterocycles. The van der Waals surface area contributed by atoms with Crippen molar-refractivity contribution >= 4 is 33.4 Å². The van der Waals surface area contributed by atoms with Crippen LogP contribution >= 0.6 is 11.3 Å². The predicted octanol–water partition coefficient (Wildman–Crippen LogP) is 1.01. The van der Waals surface area contributed by atoms with Gasteiger partial charge in [-0.3, -0.25) is 19.0 Å². The smallest absolute Gasteiger partial charge is 0.305 e. The van der Waals surface area contributed by atoms with E-state index in [1.54, 1.807) is 14.0 Å². The minimum absolute atomic E-state index is 0.208. The summed E-state index contributed by atoms with van der Waals surface area (Å²) in [5.74, 6) is -0.347. The zero-order valence-electron chi connectivity index (χ0n) is 14.5. The first-order valence-corrected chi connectivity index (χ1v) is 8.60. The number of methoxy groups -OCH3 is 2. The van der Waals surface area contributed by atoms with Crippen molar-refractivity contribution in [3.63, 3.8) is 0 Å². The summed E-state index contributed by atoms with van der Waals surface area (Å²) < 4.78 is 11.2. The second-order valence-corrected chi connectivity index (χ2v) is 6.51. The normalized spacial score (nSPS) is 11.0. The van der Waals surface area contributed by atoms with E-state index in [2.05, 4.69) is 9.72 Å². The standard InChI is InChI=1S/C16H21N3O5S/c1-9-12-15(25-13(9)14(17)21)18-10(6-8-23-2)19(16(12)22)7-4-5-11(20)24-3/h4-8H2,1-3H3,(H2,17,21). The minimum atomic E-state index is -0.574. The molecule has 25 heavy (non-hydrogen) atoms. The van der Waals surface area contributed by atoms with E-state index in [1.807, 2.05) is 0 Å². The van der Waals surface area contributed by atoms with Gasteiger partial charge < -0.3 is 15.2 Å². The molecule has 0 aliphatic rings. The van der Waals surface area contributed by atoms with E-state index in [4.69, 9.17) is 10.5 Å². The van der Waals surface area contributed by atoms with Crippen LogP contribution in [-0.2, 0) is 27.2 Å². The fourth-order valence-corrected chi connectivity index (χ4v) is 3.63. The molecule has 2 rings (SSSR count). The van der Waals surface area contributed by atoms with Gasteiger partial charge in [-0.05, 0) is 18.9 Å². The predicted molar refractivity (Wildman–Crippen MR) is 94.0 cm³/mol. The van der Waals surface area contributed by atoms with E-state index < -0.39 is 5.91 Å². The van der Waals surface area contributed by atoms with Gasteiger partial charge in [0.15, 0.2) is 0 Å². The fraction of sp³-hybridized carbons (Fsp3) is 0.500. The third-order valence-corrected chi connectivity index (χ3v) is 5.07. The first kappa shape index (κ1) is 19.1. The molecule has 1 amide bonds. The molecule has 2 aromatic heterocycles. The zero-order chi connectivity index (χ0) is 18.6. The zero-order valence-corrected chi connectivity index (χ0v) is 15.3. The number of esters is 1. The molecule has 0 unspecified atom stereocenters. The number of hydrogen-bond donors (Lipinski definition) is 1. The van der Waals surface area contributed by atoms with Crippen LogP contribution in [-0.4, -0.2) is 42.3 Å². The van der Waals surface area contributed by atoms with Gasteiger partial charge in [0, 0.05) is 26.5 Å². The van der Waals surface area contributed by atoms with Gasteiger partial charge in [0.1, 0.15) is 10.7 Å². The molecule has 2 N–H and O–H groups in total. The van der Waals surface area contributed by atoms with Crippen LogP contribution in [0.3, 0.4) is 0 Å². The van der Waals surface area contributed by atoms with E-state index >= 15 is 0 Å². The summed E-state index contributed by atoms with van der Waals surface area (Å²) in [6.07, 6.45) is 1.11. The summed E-state index contributed by atoms with van der Waals surface area (Å²) in [5, 5.41) is 0.401. The van der Waals surface area contributed by atoms with Gasteiger partial charge >= 0.3 is 5.97 Å². The molecule has 0 aliphatic carbocycles. The highest BCUT2D eigenvalue weighted by Gasteiger charge is 2.20. The van der Waals surface area contributed by atoms with Gasteiger partial charge in [-0.15, -0.1) is 11.3 Å². The summed E-state index contributed by atoms with van der Waals surface area (Å²) in [6, 6.07) is 0. The van der Waals surface area contributed by atoms with Crippen molar-refractivity contribution in [2.75, 3.05) is 20.8 Å². The van der Waals surface area contributed by atoms with Gasteiger partial charge in [0.25, 0.3) is 11.5 Å². The Bertz CT molecular complexity index is 856. The molecule has 0 fully saturated rings. The number of carbonyl (C=O) groups excluding carboxylic acids is 2. The number of carbonyl (C=O) groups is 2. The molecule has 136 valence electrons. The summed E-state index contributed by atoms with van der Waals surface area (Å²) in [7, 11) is 2.89. The molecule has 0 aliphatic heterocycles. The average molecular weight is 367 g/mol. The average Bonchev–Trinajstić information content (AvgIpc) is 2.91. The first-order chi connectivity index (χ1) is 11.9. The summed E-state index contributed by atoms with van der Waals surface area (Å²) in [6.45, 7) is 2.43. The van der Waals surface area contributed by atoms with Crippen LogP contribution < -0.4 is 11.3 Å². The number of nitrogens with zero attached hydrogens (tertiary/aromatic N) is 2. The lowest BCUT2D eigenvalue weighted by Crippen LogP contribution is -2.26. The maximum atomic E-state index is 12.9. The van der Waals surface area contributed by atoms with E-state index in [0.29, 0.717) is 52.5 Å². The summed E-state index contributed by atoms with van der Waals surface area (Å²) >= 11 is 1.12. The van der Waals surface area contributed by atoms with Crippen LogP contribution in [0.1, 0.15) is 33.9 Å². The van der Waals surface area contributed by atoms with Gasteiger partial charge in [0.05, 0.1) is 24.0 Å². The van der Waals surface area contributed by atoms with E-state index in [-0.39, 0.29) is 17.9 Å². The number of aromatic nitrogens is 2. The second kappa shape index (κ2) is 8.21. The third-order valence-electron chi connectivity index (χ3n) is 3.87. The second-order valence-electron chi connectivity index (χ2n) is 5.51. The molecule has 0 radical (unpaired) electrons. The van der Waals surface area contributed by atoms with Gasteiger partial charge in [-0.1, -0.05) is 0 Å². The van der Waals surface area contributed by atoms with Crippen molar-refractivity contribution in [1.29, 1.82) is 0 Å². The van der Waals surface area contributed by atoms with Crippen molar-refractivity contribution in [3.05, 3.63) is 26.6 Å². The Hall–Kier alpha value is -2.26. The van der Waals surface area contributed by atoms with Crippen LogP contribution in [0.4, 0.5) is 0 Å². The maximum absolute atomic E-state index is 12.9. The largest absolute Gasteiger partial charge is 0.469 e. The Kier molecular flexibility index (Phi) is 6.27. The van der Waals surface area contributed by atoms with Gasteiger partial charge in [-0.25, -0.2) is 4.98 Å². The third kappa shape index (κ3) is 4.05. The molecule has 0 atom stereocenters. The molecule has 0 bridgehead atoms.